The highest BCUT2D eigenvalue weighted by atomic mass is 31.2. The molecule has 0 aromatic heterocycles. The van der Waals surface area contributed by atoms with Crippen LogP contribution in [0.15, 0.2) is 30.0 Å². The predicted octanol–water partition coefficient (Wildman–Crippen LogP) is 4.28. The van der Waals surface area contributed by atoms with Crippen LogP contribution in [0, 0.1) is 5.41 Å². The van der Waals surface area contributed by atoms with E-state index in [4.69, 9.17) is 23.0 Å². The second-order valence-electron chi connectivity index (χ2n) is 9.12. The zero-order chi connectivity index (χ0) is 21.0. The number of phosphoric ester groups is 1. The lowest BCUT2D eigenvalue weighted by Gasteiger charge is -2.40. The number of allylic oxidation sites excluding steroid dienone is 1. The average molecular weight is 435 g/mol. The molecule has 0 unspecified atom stereocenters. The number of likely N-dealkylation sites (tertiary alicyclic amines) is 1. The summed E-state index contributed by atoms with van der Waals surface area (Å²) in [5.41, 5.74) is 1.28. The van der Waals surface area contributed by atoms with Crippen LogP contribution in [0.25, 0.3) is 0 Å². The van der Waals surface area contributed by atoms with Gasteiger partial charge in [-0.25, -0.2) is 4.57 Å². The number of rotatable bonds is 5. The molecule has 5 rings (SSSR count). The lowest BCUT2D eigenvalue weighted by Crippen LogP contribution is -2.42. The molecule has 2 aliphatic carbocycles. The van der Waals surface area contributed by atoms with Crippen LogP contribution in [0.2, 0.25) is 0 Å². The van der Waals surface area contributed by atoms with E-state index in [1.165, 1.54) is 5.56 Å². The summed E-state index contributed by atoms with van der Waals surface area (Å²) in [4.78, 5) is 2.33. The van der Waals surface area contributed by atoms with Gasteiger partial charge in [0, 0.05) is 23.3 Å². The Kier molecular flexibility index (Phi) is 4.93. The third kappa shape index (κ3) is 3.36. The molecule has 1 aromatic carbocycles. The topological polar surface area (TPSA) is 66.5 Å². The smallest absolute Gasteiger partial charge is 0.493 e. The Balaban J connectivity index is 1.39. The number of benzene rings is 1. The van der Waals surface area contributed by atoms with Crippen LogP contribution < -0.4 is 9.47 Å². The van der Waals surface area contributed by atoms with E-state index in [-0.39, 0.29) is 16.9 Å². The molecule has 1 spiro atoms. The molecule has 0 N–H and O–H groups in total. The van der Waals surface area contributed by atoms with Gasteiger partial charge in [-0.3, -0.25) is 13.9 Å². The fourth-order valence-electron chi connectivity index (χ4n) is 5.10. The first-order valence-electron chi connectivity index (χ1n) is 10.6. The van der Waals surface area contributed by atoms with Crippen molar-refractivity contribution < 1.29 is 27.6 Å². The Bertz CT molecular complexity index is 899. The summed E-state index contributed by atoms with van der Waals surface area (Å²) < 4.78 is 40.9. The van der Waals surface area contributed by atoms with Crippen LogP contribution in [0.1, 0.15) is 37.7 Å². The van der Waals surface area contributed by atoms with Gasteiger partial charge in [0.25, 0.3) is 0 Å². The number of likely N-dealkylation sites (N-methyl/N-ethyl adjacent to an activating group) is 1. The first-order valence-corrected chi connectivity index (χ1v) is 12.1. The van der Waals surface area contributed by atoms with Gasteiger partial charge < -0.3 is 14.0 Å². The summed E-state index contributed by atoms with van der Waals surface area (Å²) in [5.74, 6) is 2.18. The van der Waals surface area contributed by atoms with Crippen LogP contribution in [-0.4, -0.2) is 52.0 Å². The Morgan fingerprint density at radius 2 is 1.80 bits per heavy atom. The molecule has 2 heterocycles. The zero-order valence-corrected chi connectivity index (χ0v) is 18.8. The molecular weight excluding hydrogens is 405 g/mol. The Hall–Kier alpha value is -1.53. The molecule has 30 heavy (non-hydrogen) atoms. The molecular formula is C22H30NO6P. The van der Waals surface area contributed by atoms with Gasteiger partial charge in [-0.1, -0.05) is 6.07 Å². The third-order valence-electron chi connectivity index (χ3n) is 7.32. The number of ether oxygens (including phenoxy) is 2. The van der Waals surface area contributed by atoms with Gasteiger partial charge in [-0.05, 0) is 63.0 Å². The molecule has 0 radical (unpaired) electrons. The minimum atomic E-state index is -3.52. The van der Waals surface area contributed by atoms with Crippen LogP contribution in [0.4, 0.5) is 0 Å². The normalized spacial score (nSPS) is 31.7. The van der Waals surface area contributed by atoms with Crippen LogP contribution >= 0.6 is 7.82 Å². The molecule has 8 heteroatoms. The Morgan fingerprint density at radius 1 is 1.07 bits per heavy atom. The average Bonchev–Trinajstić information content (AvgIpc) is 3.46. The zero-order valence-electron chi connectivity index (χ0n) is 17.9. The van der Waals surface area contributed by atoms with E-state index in [0.29, 0.717) is 25.4 Å². The molecule has 164 valence electrons. The van der Waals surface area contributed by atoms with Crippen LogP contribution in [0.3, 0.4) is 0 Å². The molecule has 0 amide bonds. The van der Waals surface area contributed by atoms with Crippen molar-refractivity contribution in [3.63, 3.8) is 0 Å². The second kappa shape index (κ2) is 7.27. The third-order valence-corrected chi connectivity index (χ3v) is 8.66. The van der Waals surface area contributed by atoms with Gasteiger partial charge in [0.2, 0.25) is 0 Å². The second-order valence-corrected chi connectivity index (χ2v) is 10.7. The highest BCUT2D eigenvalue weighted by Gasteiger charge is 2.53. The maximum atomic E-state index is 12.9. The van der Waals surface area contributed by atoms with Gasteiger partial charge in [-0.15, -0.1) is 0 Å². The standard InChI is InChI=1S/C22H30NO6P/c1-23-11-10-22(16-4-5-18(25-2)19(12-16)26-3)7-6-17(13-20(22)23)29-30(24)27-14-21(8-9-21)15-28-30/h4-5,12-13,20H,6-11,14-15H2,1-3H3/t20-,22-/m0/s1. The fourth-order valence-corrected chi connectivity index (χ4v) is 6.59. The number of nitrogens with zero attached hydrogens (tertiary/aromatic N) is 1. The van der Waals surface area contributed by atoms with Gasteiger partial charge >= 0.3 is 7.82 Å². The SMILES string of the molecule is COc1ccc([C@@]23CCC(OP4(=O)OCC5(CC5)CO4)=C[C@@H]2N(C)CC3)cc1OC. The van der Waals surface area contributed by atoms with Crippen molar-refractivity contribution in [1.82, 2.24) is 4.90 Å². The van der Waals surface area contributed by atoms with E-state index >= 15 is 0 Å². The summed E-state index contributed by atoms with van der Waals surface area (Å²) in [6.07, 6.45) is 6.91. The van der Waals surface area contributed by atoms with Crippen LogP contribution in [0.5, 0.6) is 11.5 Å². The quantitative estimate of drug-likeness (QED) is 0.640. The van der Waals surface area contributed by atoms with Crippen molar-refractivity contribution >= 4 is 7.82 Å². The van der Waals surface area contributed by atoms with E-state index in [1.54, 1.807) is 14.2 Å². The van der Waals surface area contributed by atoms with Gasteiger partial charge in [-0.2, -0.15) is 0 Å². The van der Waals surface area contributed by atoms with Gasteiger partial charge in [0.05, 0.1) is 27.4 Å². The summed E-state index contributed by atoms with van der Waals surface area (Å²) in [7, 11) is 1.92. The molecule has 0 bridgehead atoms. The largest absolute Gasteiger partial charge is 0.529 e. The number of phosphoric acid groups is 1. The lowest BCUT2D eigenvalue weighted by atomic mass is 9.68. The van der Waals surface area contributed by atoms with Crippen molar-refractivity contribution in [2.24, 2.45) is 5.41 Å². The minimum Gasteiger partial charge on any atom is -0.493 e. The molecule has 3 fully saturated rings. The van der Waals surface area contributed by atoms with Crippen molar-refractivity contribution in [2.45, 2.75) is 43.6 Å². The molecule has 1 saturated carbocycles. The summed E-state index contributed by atoms with van der Waals surface area (Å²) in [5, 5.41) is 0. The van der Waals surface area contributed by atoms with Crippen molar-refractivity contribution in [3.8, 4) is 11.5 Å². The number of methoxy groups -OCH3 is 2. The van der Waals surface area contributed by atoms with Gasteiger partial charge in [0.15, 0.2) is 11.5 Å². The molecule has 1 aromatic rings. The maximum Gasteiger partial charge on any atom is 0.529 e. The Labute approximate surface area is 177 Å². The number of fused-ring (bicyclic) bond motifs is 1. The highest BCUT2D eigenvalue weighted by molar-refractivity contribution is 7.48. The lowest BCUT2D eigenvalue weighted by molar-refractivity contribution is 0.0373. The summed E-state index contributed by atoms with van der Waals surface area (Å²) in [6.45, 7) is 1.92. The first-order chi connectivity index (χ1) is 14.4. The predicted molar refractivity (Wildman–Crippen MR) is 112 cm³/mol. The van der Waals surface area contributed by atoms with E-state index in [0.717, 1.165) is 43.7 Å². The van der Waals surface area contributed by atoms with Gasteiger partial charge in [0.1, 0.15) is 5.76 Å². The Morgan fingerprint density at radius 3 is 2.47 bits per heavy atom. The van der Waals surface area contributed by atoms with E-state index in [1.807, 2.05) is 6.07 Å². The first kappa shape index (κ1) is 20.4. The number of hydrogen-bond acceptors (Lipinski definition) is 7. The highest BCUT2D eigenvalue weighted by Crippen LogP contribution is 2.63. The molecule has 2 saturated heterocycles. The van der Waals surface area contributed by atoms with Crippen LogP contribution in [-0.2, 0) is 23.6 Å². The molecule has 2 atom stereocenters. The molecule has 2 aliphatic heterocycles. The van der Waals surface area contributed by atoms with E-state index in [2.05, 4.69) is 30.2 Å². The summed E-state index contributed by atoms with van der Waals surface area (Å²) >= 11 is 0. The molecule has 4 aliphatic rings. The van der Waals surface area contributed by atoms with Crippen molar-refractivity contribution in [3.05, 3.63) is 35.6 Å². The van der Waals surface area contributed by atoms with E-state index < -0.39 is 7.82 Å². The van der Waals surface area contributed by atoms with E-state index in [9.17, 15) is 4.57 Å². The maximum absolute atomic E-state index is 12.9. The summed E-state index contributed by atoms with van der Waals surface area (Å²) in [6, 6.07) is 6.35. The minimum absolute atomic E-state index is 0.0397. The fraction of sp³-hybridized carbons (Fsp3) is 0.636. The van der Waals surface area contributed by atoms with Crippen molar-refractivity contribution in [2.75, 3.05) is 41.0 Å². The monoisotopic (exact) mass is 435 g/mol. The molecule has 7 nitrogen and oxygen atoms in total. The van der Waals surface area contributed by atoms with Crippen molar-refractivity contribution in [1.29, 1.82) is 0 Å². The number of hydrogen-bond donors (Lipinski definition) is 0.